The van der Waals surface area contributed by atoms with Crippen molar-refractivity contribution >= 4 is 113 Å². The molecule has 1 saturated heterocycles. The molecule has 0 aliphatic carbocycles. The predicted molar refractivity (Wildman–Crippen MR) is 382 cm³/mol. The molecule has 0 amide bonds. The maximum Gasteiger partial charge on any atom is 0.225 e. The second-order valence-corrected chi connectivity index (χ2v) is 27.2. The molecule has 10 heteroatoms. The summed E-state index contributed by atoms with van der Waals surface area (Å²) in [5, 5.41) is 0. The molecular formula is C78H54Br6N4. The fourth-order valence-electron chi connectivity index (χ4n) is 14.7. The van der Waals surface area contributed by atoms with E-state index in [0.717, 1.165) is 93.8 Å². The lowest BCUT2D eigenvalue weighted by Gasteiger charge is -2.62. The first-order valence-electron chi connectivity index (χ1n) is 29.0. The summed E-state index contributed by atoms with van der Waals surface area (Å²) in [4.78, 5) is 15.2. The van der Waals surface area contributed by atoms with Gasteiger partial charge in [-0.25, -0.2) is 4.99 Å². The number of nitrogens with zero attached hydrogens (tertiary/aromatic N) is 4. The lowest BCUT2D eigenvalue weighted by Crippen LogP contribution is -2.73. The summed E-state index contributed by atoms with van der Waals surface area (Å²) in [5.41, 5.74) is 6.16. The summed E-state index contributed by atoms with van der Waals surface area (Å²) in [6.07, 6.45) is 0. The molecule has 0 saturated carbocycles. The fraction of sp³-hybridized carbons (Fsp3) is 0.0641. The molecule has 12 aromatic carbocycles. The van der Waals surface area contributed by atoms with Crippen LogP contribution in [-0.2, 0) is 27.9 Å². The molecule has 428 valence electrons. The van der Waals surface area contributed by atoms with Crippen molar-refractivity contribution in [2.24, 2.45) is 4.99 Å². The van der Waals surface area contributed by atoms with Crippen LogP contribution in [0.5, 0.6) is 0 Å². The van der Waals surface area contributed by atoms with E-state index in [2.05, 4.69) is 438 Å². The third-order valence-corrected chi connectivity index (χ3v) is 21.3. The van der Waals surface area contributed by atoms with E-state index < -0.39 is 27.9 Å². The zero-order valence-electron chi connectivity index (χ0n) is 47.2. The quantitative estimate of drug-likeness (QED) is 0.115. The Kier molecular flexibility index (Phi) is 15.8. The highest BCUT2D eigenvalue weighted by atomic mass is 79.9. The molecular weight excluding hydrogens is 1470 g/mol. The summed E-state index contributed by atoms with van der Waals surface area (Å²) in [6.45, 7) is 0. The number of hydrogen-bond acceptors (Lipinski definition) is 4. The maximum absolute atomic E-state index is 6.85. The highest BCUT2D eigenvalue weighted by molar-refractivity contribution is 9.11. The largest absolute Gasteiger partial charge is 0.309 e. The molecule has 0 spiro atoms. The third-order valence-electron chi connectivity index (χ3n) is 17.7. The molecule has 1 fully saturated rings. The number of amidine groups is 1. The molecule has 2 aliphatic rings. The van der Waals surface area contributed by atoms with Gasteiger partial charge in [0.15, 0.2) is 0 Å². The Hall–Kier alpha value is -7.41. The van der Waals surface area contributed by atoms with E-state index in [9.17, 15) is 0 Å². The zero-order chi connectivity index (χ0) is 60.1. The number of rotatable bonds is 13. The SMILES string of the molecule is Brc1ccc(N2C(c3ccccc3Br)(N3C(c4ccccc4Br)=NC(c4ccccc4)(c4ccccc4)C3(c3ccccc3)c3ccccc3)N(c3ccc(Br)cc3Br)C(c3ccccc3)(c3ccccc3)C2(c2ccccc2)c2ccccc2)c(Br)c1. The summed E-state index contributed by atoms with van der Waals surface area (Å²) in [7, 11) is 0. The van der Waals surface area contributed by atoms with Crippen molar-refractivity contribution in [3.05, 3.63) is 410 Å². The predicted octanol–water partition coefficient (Wildman–Crippen LogP) is 21.9. The van der Waals surface area contributed by atoms with Crippen LogP contribution in [0.15, 0.2) is 359 Å². The van der Waals surface area contributed by atoms with Crippen LogP contribution >= 0.6 is 95.6 Å². The van der Waals surface area contributed by atoms with Gasteiger partial charge in [-0.3, -0.25) is 4.90 Å². The first-order valence-corrected chi connectivity index (χ1v) is 33.8. The monoisotopic (exact) mass is 1520 g/mol. The molecule has 4 nitrogen and oxygen atoms in total. The van der Waals surface area contributed by atoms with Crippen LogP contribution in [0.4, 0.5) is 11.4 Å². The summed E-state index contributed by atoms with van der Waals surface area (Å²) in [6, 6.07) is 120. The molecule has 88 heavy (non-hydrogen) atoms. The molecule has 0 atom stereocenters. The minimum absolute atomic E-state index is 0.715. The van der Waals surface area contributed by atoms with Crippen LogP contribution in [0.2, 0.25) is 0 Å². The lowest BCUT2D eigenvalue weighted by molar-refractivity contribution is 0.0465. The minimum atomic E-state index is -1.71. The second-order valence-electron chi connectivity index (χ2n) is 22.0. The van der Waals surface area contributed by atoms with Crippen LogP contribution in [0.3, 0.4) is 0 Å². The standard InChI is InChI=1S/C78H54Br6N4/c79-63-49-51-71(69(83)53-63)86-76(59-37-17-5-18-38-59,60-39-19-6-20-40-60)77(61-41-21-7-22-42-61,62-43-23-8-24-44-62)87(72-52-50-64(80)54-70(72)84)78(86,66-46-26-28-48-68(66)82)88-73(65-45-25-27-47-67(65)81)85-74(55-29-9-1-10-30-55,56-31-11-2-12-32-56)75(88,57-33-13-3-14-34-57)58-35-15-4-16-36-58/h1-54H. The smallest absolute Gasteiger partial charge is 0.225 e. The molecule has 2 aliphatic heterocycles. The van der Waals surface area contributed by atoms with Crippen molar-refractivity contribution in [1.29, 1.82) is 0 Å². The van der Waals surface area contributed by atoms with E-state index >= 15 is 0 Å². The van der Waals surface area contributed by atoms with Gasteiger partial charge >= 0.3 is 0 Å². The van der Waals surface area contributed by atoms with Gasteiger partial charge in [0.05, 0.1) is 11.4 Å². The Bertz CT molecular complexity index is 4180. The van der Waals surface area contributed by atoms with Gasteiger partial charge in [-0.1, -0.05) is 343 Å². The summed E-state index contributed by atoms with van der Waals surface area (Å²) in [5.74, 6) is -0.998. The van der Waals surface area contributed by atoms with E-state index in [0.29, 0.717) is 5.84 Å². The lowest BCUT2D eigenvalue weighted by atomic mass is 9.61. The molecule has 0 bridgehead atoms. The van der Waals surface area contributed by atoms with Crippen molar-refractivity contribution in [2.75, 3.05) is 9.80 Å². The number of aliphatic imine (C=N–C) groups is 1. The van der Waals surface area contributed by atoms with Crippen molar-refractivity contribution in [1.82, 2.24) is 4.90 Å². The van der Waals surface area contributed by atoms with Gasteiger partial charge in [0.1, 0.15) is 28.0 Å². The van der Waals surface area contributed by atoms with Gasteiger partial charge in [0.25, 0.3) is 0 Å². The molecule has 14 rings (SSSR count). The number of benzene rings is 12. The Balaban J connectivity index is 1.41. The molecule has 12 aromatic rings. The molecule has 0 unspecified atom stereocenters. The van der Waals surface area contributed by atoms with Crippen LogP contribution < -0.4 is 9.80 Å². The van der Waals surface area contributed by atoms with Gasteiger partial charge in [-0.15, -0.1) is 0 Å². The van der Waals surface area contributed by atoms with Crippen LogP contribution in [-0.4, -0.2) is 10.7 Å². The van der Waals surface area contributed by atoms with Crippen molar-refractivity contribution in [3.63, 3.8) is 0 Å². The molecule has 2 heterocycles. The highest BCUT2D eigenvalue weighted by Crippen LogP contribution is 2.75. The van der Waals surface area contributed by atoms with Gasteiger partial charge < -0.3 is 9.80 Å². The topological polar surface area (TPSA) is 22.1 Å². The average Bonchev–Trinajstić information content (AvgIpc) is 1.44. The van der Waals surface area contributed by atoms with Crippen LogP contribution in [0.1, 0.15) is 55.6 Å². The first-order chi connectivity index (χ1) is 43.2. The van der Waals surface area contributed by atoms with Gasteiger partial charge in [-0.05, 0) is 125 Å². The Morgan fingerprint density at radius 1 is 0.250 bits per heavy atom. The summed E-state index contributed by atoms with van der Waals surface area (Å²) >= 11 is 25.8. The van der Waals surface area contributed by atoms with E-state index in [-0.39, 0.29) is 0 Å². The summed E-state index contributed by atoms with van der Waals surface area (Å²) < 4.78 is 5.25. The highest BCUT2D eigenvalue weighted by Gasteiger charge is 2.82. The zero-order valence-corrected chi connectivity index (χ0v) is 56.7. The Morgan fingerprint density at radius 2 is 0.545 bits per heavy atom. The van der Waals surface area contributed by atoms with Crippen LogP contribution in [0.25, 0.3) is 0 Å². The van der Waals surface area contributed by atoms with Crippen molar-refractivity contribution < 1.29 is 0 Å². The van der Waals surface area contributed by atoms with E-state index in [1.165, 1.54) is 0 Å². The van der Waals surface area contributed by atoms with Crippen molar-refractivity contribution in [3.8, 4) is 0 Å². The Morgan fingerprint density at radius 3 is 0.875 bits per heavy atom. The first kappa shape index (κ1) is 58.3. The average molecular weight is 1530 g/mol. The van der Waals surface area contributed by atoms with Crippen molar-refractivity contribution in [2.45, 2.75) is 27.9 Å². The number of halogens is 6. The second kappa shape index (κ2) is 23.8. The van der Waals surface area contributed by atoms with E-state index in [1.54, 1.807) is 0 Å². The number of hydrogen-bond donors (Lipinski definition) is 0. The fourth-order valence-corrected chi connectivity index (χ4v) is 18.2. The van der Waals surface area contributed by atoms with Gasteiger partial charge in [0, 0.05) is 38.0 Å². The van der Waals surface area contributed by atoms with Gasteiger partial charge in [-0.2, -0.15) is 0 Å². The number of anilines is 2. The molecule has 0 aromatic heterocycles. The molecule has 0 N–H and O–H groups in total. The maximum atomic E-state index is 6.85. The molecule has 0 radical (unpaired) electrons. The van der Waals surface area contributed by atoms with Gasteiger partial charge in [0.2, 0.25) is 5.79 Å². The Labute approximate surface area is 565 Å². The minimum Gasteiger partial charge on any atom is -0.309 e. The van der Waals surface area contributed by atoms with E-state index in [1.807, 2.05) is 0 Å². The normalized spacial score (nSPS) is 16.1. The van der Waals surface area contributed by atoms with Crippen LogP contribution in [0, 0.1) is 0 Å². The van der Waals surface area contributed by atoms with E-state index in [4.69, 9.17) is 4.99 Å². The third kappa shape index (κ3) is 8.67.